The average molecular weight is 551 g/mol. The number of phenolic OH excluding ortho intramolecular Hbond substituents is 2. The van der Waals surface area contributed by atoms with Gasteiger partial charge in [-0.3, -0.25) is 9.59 Å². The highest BCUT2D eigenvalue weighted by Gasteiger charge is 2.38. The van der Waals surface area contributed by atoms with Crippen LogP contribution in [-0.2, 0) is 9.53 Å². The first kappa shape index (κ1) is 31.3. The van der Waals surface area contributed by atoms with Gasteiger partial charge in [0, 0.05) is 23.6 Å². The normalized spacial score (nSPS) is 14.3. The summed E-state index contributed by atoms with van der Waals surface area (Å²) in [6.07, 6.45) is 19.3. The van der Waals surface area contributed by atoms with Gasteiger partial charge in [-0.05, 0) is 56.7 Å². The van der Waals surface area contributed by atoms with Crippen LogP contribution in [0.25, 0.3) is 0 Å². The minimum atomic E-state index is -0.926. The lowest BCUT2D eigenvalue weighted by Crippen LogP contribution is -2.24. The second-order valence-corrected chi connectivity index (χ2v) is 10.9. The maximum absolute atomic E-state index is 13.2. The third-order valence-electron chi connectivity index (χ3n) is 7.56. The molecule has 6 heteroatoms. The average Bonchev–Trinajstić information content (AvgIpc) is 2.92. The molecular weight excluding hydrogens is 504 g/mol. The summed E-state index contributed by atoms with van der Waals surface area (Å²) in [5.41, 5.74) is 1.58. The largest absolute Gasteiger partial charge is 0.507 e. The molecule has 1 aliphatic rings. The maximum atomic E-state index is 13.2. The smallest absolute Gasteiger partial charge is 0.306 e. The number of ether oxygens (including phenoxy) is 2. The SMILES string of the molecule is CCCCCCCC/C=C\CCCCCCCC(=O)OC1c2cc(C)cc(O)c2C(=O)c2c(O)cc(OC)cc21. The van der Waals surface area contributed by atoms with Gasteiger partial charge >= 0.3 is 5.97 Å². The fourth-order valence-electron chi connectivity index (χ4n) is 5.39. The standard InChI is InChI=1S/C34H46O6/c1-4-5-6-7-8-9-10-11-12-13-14-15-16-17-18-19-30(37)40-34-26-20-24(2)21-28(35)31(26)33(38)32-27(34)22-25(39-3)23-29(32)36/h11-12,20-23,34-36H,4-10,13-19H2,1-3H3/b12-11-. The molecular formula is C34H46O6. The van der Waals surface area contributed by atoms with Crippen LogP contribution in [0.3, 0.4) is 0 Å². The molecule has 0 amide bonds. The summed E-state index contributed by atoms with van der Waals surface area (Å²) >= 11 is 0. The fraction of sp³-hybridized carbons (Fsp3) is 0.529. The van der Waals surface area contributed by atoms with Gasteiger partial charge in [0.15, 0.2) is 6.10 Å². The number of esters is 1. The minimum Gasteiger partial charge on any atom is -0.507 e. The number of methoxy groups -OCH3 is 1. The van der Waals surface area contributed by atoms with Gasteiger partial charge < -0.3 is 19.7 Å². The Morgan fingerprint density at radius 1 is 0.800 bits per heavy atom. The number of unbranched alkanes of at least 4 members (excludes halogenated alkanes) is 11. The Kier molecular flexibility index (Phi) is 12.6. The molecule has 6 nitrogen and oxygen atoms in total. The van der Waals surface area contributed by atoms with Gasteiger partial charge in [0.25, 0.3) is 0 Å². The molecule has 0 fully saturated rings. The van der Waals surface area contributed by atoms with E-state index in [4.69, 9.17) is 9.47 Å². The number of aromatic hydroxyl groups is 2. The first-order valence-electron chi connectivity index (χ1n) is 15.0. The number of rotatable bonds is 17. The van der Waals surface area contributed by atoms with Crippen molar-refractivity contribution in [3.8, 4) is 17.2 Å². The van der Waals surface area contributed by atoms with Gasteiger partial charge in [0.1, 0.15) is 17.2 Å². The van der Waals surface area contributed by atoms with Gasteiger partial charge in [-0.15, -0.1) is 0 Å². The molecule has 0 radical (unpaired) electrons. The number of benzene rings is 2. The lowest BCUT2D eigenvalue weighted by atomic mass is 9.81. The van der Waals surface area contributed by atoms with E-state index in [1.165, 1.54) is 64.2 Å². The van der Waals surface area contributed by atoms with E-state index in [9.17, 15) is 19.8 Å². The van der Waals surface area contributed by atoms with Crippen LogP contribution in [0.4, 0.5) is 0 Å². The molecule has 2 aromatic rings. The van der Waals surface area contributed by atoms with Crippen LogP contribution in [0, 0.1) is 6.92 Å². The Labute approximate surface area is 239 Å². The van der Waals surface area contributed by atoms with Crippen molar-refractivity contribution in [2.75, 3.05) is 7.11 Å². The number of aryl methyl sites for hydroxylation is 1. The number of hydrogen-bond acceptors (Lipinski definition) is 6. The third-order valence-corrected chi connectivity index (χ3v) is 7.56. The Bertz CT molecular complexity index is 1170. The van der Waals surface area contributed by atoms with E-state index < -0.39 is 11.9 Å². The highest BCUT2D eigenvalue weighted by atomic mass is 16.5. The molecule has 0 saturated carbocycles. The number of hydrogen-bond donors (Lipinski definition) is 2. The van der Waals surface area contributed by atoms with Crippen molar-refractivity contribution in [2.24, 2.45) is 0 Å². The molecule has 0 spiro atoms. The highest BCUT2D eigenvalue weighted by Crippen LogP contribution is 2.45. The van der Waals surface area contributed by atoms with Crippen molar-refractivity contribution in [3.05, 3.63) is 64.2 Å². The van der Waals surface area contributed by atoms with Crippen LogP contribution >= 0.6 is 0 Å². The lowest BCUT2D eigenvalue weighted by molar-refractivity contribution is -0.147. The number of ketones is 1. The van der Waals surface area contributed by atoms with E-state index in [1.807, 2.05) is 0 Å². The summed E-state index contributed by atoms with van der Waals surface area (Å²) in [6.45, 7) is 4.05. The summed E-state index contributed by atoms with van der Waals surface area (Å²) in [6, 6.07) is 6.19. The maximum Gasteiger partial charge on any atom is 0.306 e. The zero-order valence-corrected chi connectivity index (χ0v) is 24.5. The van der Waals surface area contributed by atoms with Gasteiger partial charge in [0.05, 0.1) is 18.2 Å². The van der Waals surface area contributed by atoms with E-state index in [0.717, 1.165) is 44.1 Å². The molecule has 0 heterocycles. The van der Waals surface area contributed by atoms with Crippen molar-refractivity contribution in [2.45, 2.75) is 110 Å². The number of allylic oxidation sites excluding steroid dienone is 2. The van der Waals surface area contributed by atoms with Gasteiger partial charge in [-0.1, -0.05) is 76.5 Å². The van der Waals surface area contributed by atoms with Crippen LogP contribution < -0.4 is 4.74 Å². The Balaban J connectivity index is 1.46. The molecule has 0 saturated heterocycles. The van der Waals surface area contributed by atoms with E-state index in [0.29, 0.717) is 16.9 Å². The van der Waals surface area contributed by atoms with E-state index >= 15 is 0 Å². The Hall–Kier alpha value is -3.28. The minimum absolute atomic E-state index is 0.0197. The van der Waals surface area contributed by atoms with Crippen molar-refractivity contribution < 1.29 is 29.3 Å². The van der Waals surface area contributed by atoms with E-state index in [1.54, 1.807) is 19.1 Å². The third kappa shape index (κ3) is 8.61. The predicted octanol–water partition coefficient (Wildman–Crippen LogP) is 8.63. The molecule has 40 heavy (non-hydrogen) atoms. The van der Waals surface area contributed by atoms with Crippen LogP contribution in [0.15, 0.2) is 36.4 Å². The molecule has 2 aromatic carbocycles. The molecule has 2 N–H and O–H groups in total. The van der Waals surface area contributed by atoms with E-state index in [2.05, 4.69) is 19.1 Å². The molecule has 1 unspecified atom stereocenters. The molecule has 0 aromatic heterocycles. The zero-order valence-electron chi connectivity index (χ0n) is 24.5. The first-order valence-corrected chi connectivity index (χ1v) is 15.0. The molecule has 1 aliphatic carbocycles. The van der Waals surface area contributed by atoms with Gasteiger partial charge in [0.2, 0.25) is 5.78 Å². The molecule has 218 valence electrons. The Morgan fingerprint density at radius 2 is 1.35 bits per heavy atom. The van der Waals surface area contributed by atoms with Gasteiger partial charge in [-0.2, -0.15) is 0 Å². The molecule has 0 bridgehead atoms. The summed E-state index contributed by atoms with van der Waals surface area (Å²) < 4.78 is 11.2. The number of phenols is 2. The van der Waals surface area contributed by atoms with Crippen molar-refractivity contribution in [3.63, 3.8) is 0 Å². The van der Waals surface area contributed by atoms with Crippen LogP contribution in [0.2, 0.25) is 0 Å². The number of carbonyl (C=O) groups is 2. The van der Waals surface area contributed by atoms with Crippen LogP contribution in [-0.4, -0.2) is 29.1 Å². The molecule has 3 rings (SSSR count). The summed E-state index contributed by atoms with van der Waals surface area (Å²) in [5.74, 6) is -1.01. The highest BCUT2D eigenvalue weighted by molar-refractivity contribution is 6.16. The first-order chi connectivity index (χ1) is 19.4. The predicted molar refractivity (Wildman–Crippen MR) is 158 cm³/mol. The second-order valence-electron chi connectivity index (χ2n) is 10.9. The topological polar surface area (TPSA) is 93.1 Å². The quantitative estimate of drug-likeness (QED) is 0.116. The Morgan fingerprint density at radius 3 is 1.98 bits per heavy atom. The summed E-state index contributed by atoms with van der Waals surface area (Å²) in [7, 11) is 1.46. The fourth-order valence-corrected chi connectivity index (χ4v) is 5.39. The van der Waals surface area contributed by atoms with Crippen molar-refractivity contribution >= 4 is 11.8 Å². The summed E-state index contributed by atoms with van der Waals surface area (Å²) in [5, 5.41) is 21.1. The zero-order chi connectivity index (χ0) is 28.9. The van der Waals surface area contributed by atoms with Crippen LogP contribution in [0.1, 0.15) is 136 Å². The van der Waals surface area contributed by atoms with Crippen LogP contribution in [0.5, 0.6) is 17.2 Å². The number of carbonyl (C=O) groups excluding carboxylic acids is 2. The molecule has 0 aliphatic heterocycles. The lowest BCUT2D eigenvalue weighted by Gasteiger charge is -2.29. The number of fused-ring (bicyclic) bond motifs is 2. The van der Waals surface area contributed by atoms with E-state index in [-0.39, 0.29) is 35.0 Å². The second kappa shape index (κ2) is 16.1. The monoisotopic (exact) mass is 550 g/mol. The summed E-state index contributed by atoms with van der Waals surface area (Å²) in [4.78, 5) is 26.1. The molecule has 1 atom stereocenters. The van der Waals surface area contributed by atoms with Crippen molar-refractivity contribution in [1.29, 1.82) is 0 Å². The van der Waals surface area contributed by atoms with Crippen molar-refractivity contribution in [1.82, 2.24) is 0 Å². The van der Waals surface area contributed by atoms with Gasteiger partial charge in [-0.25, -0.2) is 0 Å².